The van der Waals surface area contributed by atoms with Crippen LogP contribution in [-0.4, -0.2) is 53.6 Å². The maximum atomic E-state index is 14.9. The van der Waals surface area contributed by atoms with Crippen LogP contribution in [0.15, 0.2) is 72.9 Å². The summed E-state index contributed by atoms with van der Waals surface area (Å²) in [7, 11) is 3.03. The second-order valence-corrected chi connectivity index (χ2v) is 10.6. The Morgan fingerprint density at radius 1 is 0.957 bits per heavy atom. The highest BCUT2D eigenvalue weighted by Crippen LogP contribution is 2.44. The highest BCUT2D eigenvalue weighted by Gasteiger charge is 2.58. The largest absolute Gasteiger partial charge is 0.495 e. The number of Topliss-reactive ketones (excluding diaryl/α,β-unsaturated/α-hetero) is 1. The van der Waals surface area contributed by atoms with Crippen LogP contribution >= 0.6 is 0 Å². The molecule has 1 aromatic heterocycles. The van der Waals surface area contributed by atoms with Gasteiger partial charge in [-0.3, -0.25) is 4.79 Å². The number of nitrogens with two attached hydrogens (primary N) is 2. The summed E-state index contributed by atoms with van der Waals surface area (Å²) in [6.07, 6.45) is 2.30. The second-order valence-electron chi connectivity index (χ2n) is 10.6. The monoisotopic (exact) mass is 615 g/mol. The fourth-order valence-electron chi connectivity index (χ4n) is 5.58. The molecule has 0 aliphatic carbocycles. The first-order valence-corrected chi connectivity index (χ1v) is 14.6. The van der Waals surface area contributed by atoms with Gasteiger partial charge in [-0.05, 0) is 42.3 Å². The molecule has 232 valence electrons. The van der Waals surface area contributed by atoms with Crippen LogP contribution in [0.1, 0.15) is 46.0 Å². The van der Waals surface area contributed by atoms with Gasteiger partial charge >= 0.3 is 5.97 Å². The van der Waals surface area contributed by atoms with E-state index in [1.165, 1.54) is 20.4 Å². The van der Waals surface area contributed by atoms with Gasteiger partial charge in [0.15, 0.2) is 5.78 Å². The van der Waals surface area contributed by atoms with Crippen molar-refractivity contribution in [1.82, 2.24) is 9.97 Å². The van der Waals surface area contributed by atoms with Crippen LogP contribution in [0.4, 0.5) is 17.5 Å². The highest BCUT2D eigenvalue weighted by atomic mass is 16.5. The Morgan fingerprint density at radius 2 is 1.61 bits per heavy atom. The number of hydrogen-bond acceptors (Lipinski definition) is 9. The van der Waals surface area contributed by atoms with E-state index in [4.69, 9.17) is 20.9 Å². The quantitative estimate of drug-likeness (QED) is 0.204. The summed E-state index contributed by atoms with van der Waals surface area (Å²) in [6.45, 7) is 2.37. The number of carbonyl (C=O) groups is 2. The van der Waals surface area contributed by atoms with Gasteiger partial charge in [0.2, 0.25) is 11.4 Å². The van der Waals surface area contributed by atoms with Crippen molar-refractivity contribution in [3.8, 4) is 35.2 Å². The van der Waals surface area contributed by atoms with Crippen LogP contribution in [0.3, 0.4) is 0 Å². The van der Waals surface area contributed by atoms with Gasteiger partial charge in [-0.1, -0.05) is 67.0 Å². The van der Waals surface area contributed by atoms with Gasteiger partial charge in [0.1, 0.15) is 23.4 Å². The maximum Gasteiger partial charge on any atom is 0.333 e. The third kappa shape index (κ3) is 5.76. The van der Waals surface area contributed by atoms with E-state index in [1.54, 1.807) is 48.5 Å². The van der Waals surface area contributed by atoms with Crippen LogP contribution in [0.25, 0.3) is 0 Å². The van der Waals surface area contributed by atoms with Gasteiger partial charge in [-0.25, -0.2) is 9.78 Å². The molecule has 2 unspecified atom stereocenters. The number of fused-ring (bicyclic) bond motifs is 1. The van der Waals surface area contributed by atoms with Gasteiger partial charge in [-0.15, -0.1) is 0 Å². The lowest BCUT2D eigenvalue weighted by Crippen LogP contribution is -2.59. The van der Waals surface area contributed by atoms with Gasteiger partial charge in [0.25, 0.3) is 0 Å². The van der Waals surface area contributed by atoms with Crippen LogP contribution in [-0.2, 0) is 11.2 Å². The predicted molar refractivity (Wildman–Crippen MR) is 176 cm³/mol. The first-order valence-electron chi connectivity index (χ1n) is 14.6. The molecule has 0 saturated heterocycles. The summed E-state index contributed by atoms with van der Waals surface area (Å²) >= 11 is 0. The number of aromatic nitrogens is 2. The number of benzene rings is 3. The molecule has 5 N–H and O–H groups in total. The molecular formula is C36H33N5O5. The number of methoxy groups -OCH3 is 2. The van der Waals surface area contributed by atoms with Crippen molar-refractivity contribution >= 4 is 29.2 Å². The topological polar surface area (TPSA) is 154 Å². The number of rotatable bonds is 7. The van der Waals surface area contributed by atoms with Crippen molar-refractivity contribution in [2.24, 2.45) is 5.41 Å². The molecule has 0 radical (unpaired) electrons. The van der Waals surface area contributed by atoms with E-state index in [2.05, 4.69) is 33.6 Å². The smallest absolute Gasteiger partial charge is 0.333 e. The molecule has 0 amide bonds. The summed E-state index contributed by atoms with van der Waals surface area (Å²) in [6, 6.07) is 18.3. The number of anilines is 3. The van der Waals surface area contributed by atoms with E-state index in [1.807, 2.05) is 30.0 Å². The molecule has 1 aliphatic heterocycles. The predicted octanol–water partition coefficient (Wildman–Crippen LogP) is 4.20. The zero-order valence-corrected chi connectivity index (χ0v) is 25.7. The molecule has 0 saturated carbocycles. The Morgan fingerprint density at radius 3 is 2.22 bits per heavy atom. The molecule has 0 fully saturated rings. The number of ether oxygens (including phenoxy) is 2. The summed E-state index contributed by atoms with van der Waals surface area (Å²) in [5.74, 6) is 11.2. The van der Waals surface area contributed by atoms with E-state index >= 15 is 0 Å². The van der Waals surface area contributed by atoms with Gasteiger partial charge < -0.3 is 30.9 Å². The molecule has 2 atom stereocenters. The number of nitrogen functional groups attached to an aromatic ring is 2. The zero-order chi connectivity index (χ0) is 32.8. The lowest BCUT2D eigenvalue weighted by molar-refractivity contribution is -0.143. The second kappa shape index (κ2) is 13.3. The van der Waals surface area contributed by atoms with Gasteiger partial charge in [0.05, 0.1) is 25.3 Å². The molecule has 0 bridgehead atoms. The van der Waals surface area contributed by atoms with E-state index in [-0.39, 0.29) is 23.8 Å². The van der Waals surface area contributed by atoms with Crippen LogP contribution < -0.4 is 25.8 Å². The van der Waals surface area contributed by atoms with E-state index < -0.39 is 23.2 Å². The normalized spacial score (nSPS) is 16.7. The number of hydrogen-bond donors (Lipinski definition) is 3. The molecule has 0 spiro atoms. The molecule has 10 nitrogen and oxygen atoms in total. The Kier molecular flexibility index (Phi) is 9.11. The lowest BCUT2D eigenvalue weighted by Gasteiger charge is -2.44. The molecule has 46 heavy (non-hydrogen) atoms. The van der Waals surface area contributed by atoms with Gasteiger partial charge in [0, 0.05) is 36.0 Å². The van der Waals surface area contributed by atoms with Gasteiger partial charge in [-0.2, -0.15) is 4.98 Å². The Hall–Kier alpha value is -6.00. The zero-order valence-electron chi connectivity index (χ0n) is 25.7. The Bertz CT molecular complexity index is 1940. The molecule has 3 aromatic carbocycles. The number of para-hydroxylation sites is 2. The SMILES string of the molecule is CCCN1c2cccc(Cc3cnc(N)nc3N)c2C(=O)C(C#Cc2ccccc2OC)(C(=O)O)C1C#Cc1ccccc1OC. The molecule has 2 heterocycles. The average molecular weight is 616 g/mol. The highest BCUT2D eigenvalue weighted by molar-refractivity contribution is 6.21. The fourth-order valence-corrected chi connectivity index (χ4v) is 5.58. The first kappa shape index (κ1) is 31.4. The van der Waals surface area contributed by atoms with Crippen molar-refractivity contribution < 1.29 is 24.2 Å². The maximum absolute atomic E-state index is 14.9. The molecule has 10 heteroatoms. The number of aliphatic carboxylic acids is 1. The minimum Gasteiger partial charge on any atom is -0.495 e. The van der Waals surface area contributed by atoms with Crippen LogP contribution in [0.5, 0.6) is 11.5 Å². The third-order valence-corrected chi connectivity index (χ3v) is 7.80. The summed E-state index contributed by atoms with van der Waals surface area (Å²) < 4.78 is 11.0. The molecule has 5 rings (SSSR count). The molecular weight excluding hydrogens is 582 g/mol. The van der Waals surface area contributed by atoms with Crippen molar-refractivity contribution in [3.63, 3.8) is 0 Å². The number of ketones is 1. The van der Waals surface area contributed by atoms with Crippen molar-refractivity contribution in [2.75, 3.05) is 37.1 Å². The summed E-state index contributed by atoms with van der Waals surface area (Å²) in [5.41, 5.74) is 12.4. The number of carboxylic acid groups (broad SMARTS) is 1. The first-order chi connectivity index (χ1) is 22.2. The van der Waals surface area contributed by atoms with Crippen molar-refractivity contribution in [2.45, 2.75) is 25.8 Å². The van der Waals surface area contributed by atoms with E-state index in [0.29, 0.717) is 52.4 Å². The summed E-state index contributed by atoms with van der Waals surface area (Å²) in [5, 5.41) is 11.1. The molecule has 4 aromatic rings. The number of carboxylic acids is 1. The third-order valence-electron chi connectivity index (χ3n) is 7.80. The van der Waals surface area contributed by atoms with Crippen LogP contribution in [0.2, 0.25) is 0 Å². The van der Waals surface area contributed by atoms with Crippen molar-refractivity contribution in [3.05, 3.63) is 101 Å². The Labute approximate surface area is 267 Å². The minimum absolute atomic E-state index is 0.0227. The minimum atomic E-state index is -2.29. The lowest BCUT2D eigenvalue weighted by atomic mass is 9.69. The number of nitrogens with zero attached hydrogens (tertiary/aromatic N) is 3. The standard InChI is InChI=1S/C36H33N5O5/c1-4-20-41-27-13-9-12-25(21-26-22-39-35(38)40-33(26)37)31(27)32(42)36(34(43)44,19-18-24-11-6-8-15-29(24)46-3)30(41)17-16-23-10-5-7-14-28(23)45-2/h5-15,22,30H,4,20-21H2,1-3H3,(H,43,44)(H4,37,38,39,40). The average Bonchev–Trinajstić information content (AvgIpc) is 3.06. The molecule has 1 aliphatic rings. The number of carbonyl (C=O) groups excluding carboxylic acids is 1. The Balaban J connectivity index is 1.80. The van der Waals surface area contributed by atoms with E-state index in [0.717, 1.165) is 0 Å². The van der Waals surface area contributed by atoms with Crippen molar-refractivity contribution in [1.29, 1.82) is 0 Å². The van der Waals surface area contributed by atoms with Crippen LogP contribution in [0, 0.1) is 29.1 Å². The van der Waals surface area contributed by atoms with E-state index in [9.17, 15) is 14.7 Å². The summed E-state index contributed by atoms with van der Waals surface area (Å²) in [4.78, 5) is 38.5. The fraction of sp³-hybridized carbons (Fsp3) is 0.222.